The van der Waals surface area contributed by atoms with Crippen molar-refractivity contribution in [3.8, 4) is 16.7 Å². The van der Waals surface area contributed by atoms with Crippen LogP contribution in [0.1, 0.15) is 13.3 Å². The summed E-state index contributed by atoms with van der Waals surface area (Å²) in [5.41, 5.74) is 0. The maximum Gasteiger partial charge on any atom is 0.321 e. The van der Waals surface area contributed by atoms with Gasteiger partial charge in [0, 0.05) is 0 Å². The summed E-state index contributed by atoms with van der Waals surface area (Å²) in [7, 11) is 0. The lowest BCUT2D eigenvalue weighted by Crippen LogP contribution is -2.02. The first kappa shape index (κ1) is 12.5. The highest BCUT2D eigenvalue weighted by Gasteiger charge is 2.12. The second kappa shape index (κ2) is 5.62. The minimum atomic E-state index is 0.102. The van der Waals surface area contributed by atoms with Crippen molar-refractivity contribution in [1.29, 1.82) is 0 Å². The van der Waals surface area contributed by atoms with Gasteiger partial charge in [-0.3, -0.25) is 0 Å². The third kappa shape index (κ3) is 3.06. The molecule has 17 heavy (non-hydrogen) atoms. The van der Waals surface area contributed by atoms with Crippen LogP contribution in [-0.2, 0) is 0 Å². The van der Waals surface area contributed by atoms with E-state index in [1.165, 1.54) is 11.3 Å². The molecule has 7 heteroatoms. The number of aromatic nitrogens is 3. The van der Waals surface area contributed by atoms with E-state index in [-0.39, 0.29) is 11.3 Å². The van der Waals surface area contributed by atoms with Crippen molar-refractivity contribution in [1.82, 2.24) is 15.0 Å². The molecule has 0 spiro atoms. The third-order valence-corrected chi connectivity index (χ3v) is 3.35. The van der Waals surface area contributed by atoms with Crippen LogP contribution in [0.25, 0.3) is 10.7 Å². The Kier molecular flexibility index (Phi) is 4.15. The van der Waals surface area contributed by atoms with E-state index >= 15 is 0 Å². The van der Waals surface area contributed by atoms with Gasteiger partial charge in [0.25, 0.3) is 0 Å². The highest BCUT2D eigenvalue weighted by atomic mass is 35.5. The summed E-state index contributed by atoms with van der Waals surface area (Å²) in [4.78, 5) is 12.9. The maximum atomic E-state index is 6.01. The fraction of sp³-hybridized carbons (Fsp3) is 0.300. The van der Waals surface area contributed by atoms with Crippen LogP contribution < -0.4 is 4.74 Å². The van der Waals surface area contributed by atoms with E-state index in [4.69, 9.17) is 27.9 Å². The standard InChI is InChI=1S/C10H9Cl2N3OS/c1-2-4-16-10-14-8(13-9(12)15-10)7-6(11)3-5-17-7/h3,5H,2,4H2,1H3. The summed E-state index contributed by atoms with van der Waals surface area (Å²) in [6, 6.07) is 2.01. The summed E-state index contributed by atoms with van der Waals surface area (Å²) in [5.74, 6) is 0.441. The highest BCUT2D eigenvalue weighted by Crippen LogP contribution is 2.31. The second-order valence-corrected chi connectivity index (χ2v) is 4.82. The van der Waals surface area contributed by atoms with E-state index in [1.807, 2.05) is 12.3 Å². The zero-order valence-electron chi connectivity index (χ0n) is 8.98. The van der Waals surface area contributed by atoms with E-state index in [1.54, 1.807) is 6.07 Å². The molecule has 0 fully saturated rings. The molecule has 2 aromatic heterocycles. The van der Waals surface area contributed by atoms with Crippen LogP contribution in [0.15, 0.2) is 11.4 Å². The van der Waals surface area contributed by atoms with Crippen LogP contribution in [0.2, 0.25) is 10.3 Å². The molecular formula is C10H9Cl2N3OS. The van der Waals surface area contributed by atoms with Gasteiger partial charge in [-0.1, -0.05) is 18.5 Å². The minimum Gasteiger partial charge on any atom is -0.463 e. The van der Waals surface area contributed by atoms with Crippen molar-refractivity contribution in [2.75, 3.05) is 6.61 Å². The van der Waals surface area contributed by atoms with Crippen LogP contribution in [0, 0.1) is 0 Å². The Labute approximate surface area is 113 Å². The molecule has 0 unspecified atom stereocenters. The molecule has 2 rings (SSSR count). The van der Waals surface area contributed by atoms with Crippen molar-refractivity contribution < 1.29 is 4.74 Å². The van der Waals surface area contributed by atoms with E-state index in [9.17, 15) is 0 Å². The lowest BCUT2D eigenvalue weighted by atomic mass is 10.4. The SMILES string of the molecule is CCCOc1nc(Cl)nc(-c2sccc2Cl)n1. The smallest absolute Gasteiger partial charge is 0.321 e. The van der Waals surface area contributed by atoms with Crippen LogP contribution in [0.3, 0.4) is 0 Å². The van der Waals surface area contributed by atoms with Gasteiger partial charge in [0.1, 0.15) is 0 Å². The zero-order valence-corrected chi connectivity index (χ0v) is 11.3. The first-order valence-corrected chi connectivity index (χ1v) is 6.62. The van der Waals surface area contributed by atoms with Gasteiger partial charge in [-0.25, -0.2) is 0 Å². The van der Waals surface area contributed by atoms with Crippen molar-refractivity contribution >= 4 is 34.5 Å². The minimum absolute atomic E-state index is 0.102. The summed E-state index contributed by atoms with van der Waals surface area (Å²) in [6.45, 7) is 2.54. The van der Waals surface area contributed by atoms with Gasteiger partial charge in [-0.2, -0.15) is 15.0 Å². The lowest BCUT2D eigenvalue weighted by molar-refractivity contribution is 0.291. The monoisotopic (exact) mass is 289 g/mol. The fourth-order valence-electron chi connectivity index (χ4n) is 1.14. The molecule has 90 valence electrons. The molecule has 0 amide bonds. The quantitative estimate of drug-likeness (QED) is 0.861. The molecule has 2 aromatic rings. The number of nitrogens with zero attached hydrogens (tertiary/aromatic N) is 3. The summed E-state index contributed by atoms with van der Waals surface area (Å²) >= 11 is 13.3. The number of hydrogen-bond acceptors (Lipinski definition) is 5. The average Bonchev–Trinajstić information content (AvgIpc) is 2.72. The zero-order chi connectivity index (χ0) is 12.3. The largest absolute Gasteiger partial charge is 0.463 e. The molecule has 0 aromatic carbocycles. The Morgan fingerprint density at radius 3 is 2.76 bits per heavy atom. The Hall–Kier alpha value is -0.910. The van der Waals surface area contributed by atoms with E-state index in [2.05, 4.69) is 15.0 Å². The van der Waals surface area contributed by atoms with Crippen LogP contribution in [-0.4, -0.2) is 21.6 Å². The van der Waals surface area contributed by atoms with Gasteiger partial charge in [-0.05, 0) is 29.5 Å². The van der Waals surface area contributed by atoms with E-state index < -0.39 is 0 Å². The number of thiophene rings is 1. The molecule has 0 aliphatic heterocycles. The molecule has 0 radical (unpaired) electrons. The normalized spacial score (nSPS) is 10.5. The number of hydrogen-bond donors (Lipinski definition) is 0. The van der Waals surface area contributed by atoms with E-state index in [0.29, 0.717) is 17.5 Å². The molecule has 4 nitrogen and oxygen atoms in total. The van der Waals surface area contributed by atoms with Gasteiger partial charge < -0.3 is 4.74 Å². The summed E-state index contributed by atoms with van der Waals surface area (Å²) in [5, 5.41) is 2.56. The Bertz CT molecular complexity index is 518. The summed E-state index contributed by atoms with van der Waals surface area (Å²) < 4.78 is 5.33. The number of halogens is 2. The summed E-state index contributed by atoms with van der Waals surface area (Å²) in [6.07, 6.45) is 0.873. The van der Waals surface area contributed by atoms with Crippen molar-refractivity contribution in [3.63, 3.8) is 0 Å². The van der Waals surface area contributed by atoms with Crippen molar-refractivity contribution in [2.45, 2.75) is 13.3 Å². The van der Waals surface area contributed by atoms with E-state index in [0.717, 1.165) is 11.3 Å². The molecule has 0 saturated carbocycles. The maximum absolute atomic E-state index is 6.01. The van der Waals surface area contributed by atoms with Gasteiger partial charge >= 0.3 is 6.01 Å². The second-order valence-electron chi connectivity index (χ2n) is 3.16. The predicted octanol–water partition coefficient (Wildman–Crippen LogP) is 3.70. The molecule has 0 bridgehead atoms. The third-order valence-electron chi connectivity index (χ3n) is 1.84. The van der Waals surface area contributed by atoms with Crippen molar-refractivity contribution in [2.24, 2.45) is 0 Å². The van der Waals surface area contributed by atoms with Crippen LogP contribution in [0.5, 0.6) is 6.01 Å². The van der Waals surface area contributed by atoms with Gasteiger partial charge in [0.2, 0.25) is 5.28 Å². The topological polar surface area (TPSA) is 47.9 Å². The number of ether oxygens (including phenoxy) is 1. The molecule has 0 saturated heterocycles. The van der Waals surface area contributed by atoms with Gasteiger partial charge in [-0.15, -0.1) is 11.3 Å². The fourth-order valence-corrected chi connectivity index (χ4v) is 2.37. The molecular weight excluding hydrogens is 281 g/mol. The molecule has 0 aliphatic rings. The van der Waals surface area contributed by atoms with Gasteiger partial charge in [0.15, 0.2) is 5.82 Å². The predicted molar refractivity (Wildman–Crippen MR) is 68.9 cm³/mol. The number of rotatable bonds is 4. The Morgan fingerprint density at radius 1 is 1.29 bits per heavy atom. The van der Waals surface area contributed by atoms with Crippen LogP contribution >= 0.6 is 34.5 Å². The average molecular weight is 290 g/mol. The lowest BCUT2D eigenvalue weighted by Gasteiger charge is -2.04. The Morgan fingerprint density at radius 2 is 2.12 bits per heavy atom. The molecule has 0 N–H and O–H groups in total. The van der Waals surface area contributed by atoms with Crippen molar-refractivity contribution in [3.05, 3.63) is 21.8 Å². The first-order valence-electron chi connectivity index (χ1n) is 4.98. The van der Waals surface area contributed by atoms with Crippen LogP contribution in [0.4, 0.5) is 0 Å². The molecule has 0 atom stereocenters. The molecule has 0 aliphatic carbocycles. The highest BCUT2D eigenvalue weighted by molar-refractivity contribution is 7.14. The Balaban J connectivity index is 2.35. The van der Waals surface area contributed by atoms with Gasteiger partial charge in [0.05, 0.1) is 16.5 Å². The first-order chi connectivity index (χ1) is 8.20. The molecule has 2 heterocycles.